The summed E-state index contributed by atoms with van der Waals surface area (Å²) in [4.78, 5) is 8.43. The first-order chi connectivity index (χ1) is 12.5. The topological polar surface area (TPSA) is 84.8 Å². The fraction of sp³-hybridized carbons (Fsp3) is 0. The summed E-state index contributed by atoms with van der Waals surface area (Å²) < 4.78 is 31.3. The highest BCUT2D eigenvalue weighted by Gasteiger charge is 2.17. The molecule has 9 heteroatoms. The van der Waals surface area contributed by atoms with Gasteiger partial charge in [0.05, 0.1) is 10.6 Å². The number of hydrogen-bond acceptors (Lipinski definition) is 6. The second kappa shape index (κ2) is 6.64. The minimum Gasteiger partial charge on any atom is -0.256 e. The maximum Gasteiger partial charge on any atom is 0.263 e. The van der Waals surface area contributed by atoms with Gasteiger partial charge in [0.15, 0.2) is 0 Å². The number of pyridine rings is 1. The summed E-state index contributed by atoms with van der Waals surface area (Å²) in [5, 5.41) is 2.49. The Hall–Kier alpha value is -2.55. The highest BCUT2D eigenvalue weighted by Crippen LogP contribution is 2.29. The normalized spacial score (nSPS) is 11.6. The molecule has 0 fully saturated rings. The van der Waals surface area contributed by atoms with Gasteiger partial charge < -0.3 is 0 Å². The number of rotatable bonds is 4. The lowest BCUT2D eigenvalue weighted by molar-refractivity contribution is 0.601. The quantitative estimate of drug-likeness (QED) is 0.552. The summed E-state index contributed by atoms with van der Waals surface area (Å²) in [6.07, 6.45) is 2.95. The van der Waals surface area contributed by atoms with E-state index in [9.17, 15) is 8.42 Å². The average Bonchev–Trinajstić information content (AvgIpc) is 3.14. The van der Waals surface area contributed by atoms with Crippen LogP contribution in [0.1, 0.15) is 0 Å². The Labute approximate surface area is 158 Å². The molecule has 4 rings (SSSR count). The van der Waals surface area contributed by atoms with E-state index in [1.54, 1.807) is 42.6 Å². The molecule has 0 saturated heterocycles. The van der Waals surface area contributed by atoms with Crippen LogP contribution < -0.4 is 4.72 Å². The molecule has 0 bridgehead atoms. The van der Waals surface area contributed by atoms with Crippen LogP contribution in [-0.4, -0.2) is 22.8 Å². The van der Waals surface area contributed by atoms with Gasteiger partial charge >= 0.3 is 0 Å². The van der Waals surface area contributed by atoms with Crippen molar-refractivity contribution >= 4 is 49.1 Å². The fourth-order valence-corrected chi connectivity index (χ4v) is 4.38. The van der Waals surface area contributed by atoms with Gasteiger partial charge in [-0.25, -0.2) is 13.4 Å². The van der Waals surface area contributed by atoms with Crippen LogP contribution in [0.4, 0.5) is 5.13 Å². The van der Waals surface area contributed by atoms with Crippen molar-refractivity contribution in [3.8, 4) is 11.3 Å². The molecular formula is C17H11ClN4O2S2. The van der Waals surface area contributed by atoms with Crippen molar-refractivity contribution in [3.63, 3.8) is 0 Å². The third-order valence-electron chi connectivity index (χ3n) is 3.75. The van der Waals surface area contributed by atoms with E-state index in [-0.39, 0.29) is 10.0 Å². The van der Waals surface area contributed by atoms with Gasteiger partial charge in [-0.1, -0.05) is 29.8 Å². The predicted octanol–water partition coefficient (Wildman–Crippen LogP) is 4.21. The molecule has 6 nitrogen and oxygen atoms in total. The monoisotopic (exact) mass is 402 g/mol. The van der Waals surface area contributed by atoms with E-state index < -0.39 is 10.0 Å². The van der Waals surface area contributed by atoms with Gasteiger partial charge in [-0.05, 0) is 35.7 Å². The summed E-state index contributed by atoms with van der Waals surface area (Å²) in [6.45, 7) is 0. The third kappa shape index (κ3) is 3.26. The first-order valence-electron chi connectivity index (χ1n) is 7.47. The van der Waals surface area contributed by atoms with E-state index in [1.807, 2.05) is 12.1 Å². The molecule has 0 amide bonds. The molecule has 0 atom stereocenters. The SMILES string of the molecule is O=S(=O)(Nc1ncns1)c1ccc2c(-c3ccc(Cl)cc3)nccc2c1. The minimum absolute atomic E-state index is 0.147. The number of benzene rings is 2. The molecule has 4 aromatic rings. The number of nitrogens with zero attached hydrogens (tertiary/aromatic N) is 3. The van der Waals surface area contributed by atoms with Crippen molar-refractivity contribution in [2.75, 3.05) is 4.72 Å². The van der Waals surface area contributed by atoms with Gasteiger partial charge in [0, 0.05) is 33.7 Å². The lowest BCUT2D eigenvalue weighted by Crippen LogP contribution is -2.12. The molecule has 2 heterocycles. The van der Waals surface area contributed by atoms with E-state index in [2.05, 4.69) is 19.1 Å². The molecular weight excluding hydrogens is 392 g/mol. The zero-order valence-electron chi connectivity index (χ0n) is 13.1. The molecule has 0 aliphatic heterocycles. The summed E-state index contributed by atoms with van der Waals surface area (Å²) in [6, 6.07) is 14.0. The van der Waals surface area contributed by atoms with Crippen LogP contribution in [0, 0.1) is 0 Å². The van der Waals surface area contributed by atoms with Crippen molar-refractivity contribution in [2.45, 2.75) is 4.90 Å². The van der Waals surface area contributed by atoms with Crippen LogP contribution in [0.3, 0.4) is 0 Å². The summed E-state index contributed by atoms with van der Waals surface area (Å²) >= 11 is 6.92. The van der Waals surface area contributed by atoms with Crippen molar-refractivity contribution < 1.29 is 8.42 Å². The fourth-order valence-electron chi connectivity index (χ4n) is 2.55. The molecule has 0 saturated carbocycles. The predicted molar refractivity (Wildman–Crippen MR) is 103 cm³/mol. The summed E-state index contributed by atoms with van der Waals surface area (Å²) in [5.74, 6) is 0. The zero-order valence-corrected chi connectivity index (χ0v) is 15.5. The van der Waals surface area contributed by atoms with Crippen LogP contribution in [0.15, 0.2) is 66.0 Å². The number of fused-ring (bicyclic) bond motifs is 1. The van der Waals surface area contributed by atoms with Crippen LogP contribution in [0.5, 0.6) is 0 Å². The highest BCUT2D eigenvalue weighted by atomic mass is 35.5. The number of hydrogen-bond donors (Lipinski definition) is 1. The number of sulfonamides is 1. The molecule has 2 aromatic heterocycles. The van der Waals surface area contributed by atoms with Crippen molar-refractivity contribution in [2.24, 2.45) is 0 Å². The van der Waals surface area contributed by atoms with Gasteiger partial charge in [0.1, 0.15) is 6.33 Å². The van der Waals surface area contributed by atoms with Gasteiger partial charge in [-0.3, -0.25) is 9.71 Å². The number of halogens is 1. The Kier molecular flexibility index (Phi) is 4.31. The van der Waals surface area contributed by atoms with E-state index in [0.29, 0.717) is 5.02 Å². The van der Waals surface area contributed by atoms with Gasteiger partial charge in [-0.2, -0.15) is 4.37 Å². The molecule has 0 aliphatic carbocycles. The van der Waals surface area contributed by atoms with Gasteiger partial charge in [-0.15, -0.1) is 0 Å². The number of anilines is 1. The van der Waals surface area contributed by atoms with Crippen molar-refractivity contribution in [1.29, 1.82) is 0 Å². The first-order valence-corrected chi connectivity index (χ1v) is 10.1. The first kappa shape index (κ1) is 16.9. The number of aromatic nitrogens is 3. The molecule has 0 spiro atoms. The van der Waals surface area contributed by atoms with Crippen LogP contribution in [-0.2, 0) is 10.0 Å². The zero-order chi connectivity index (χ0) is 18.1. The Morgan fingerprint density at radius 1 is 1.00 bits per heavy atom. The van der Waals surface area contributed by atoms with E-state index in [1.165, 1.54) is 6.33 Å². The van der Waals surface area contributed by atoms with Crippen LogP contribution in [0.25, 0.3) is 22.0 Å². The van der Waals surface area contributed by atoms with Crippen molar-refractivity contribution in [1.82, 2.24) is 14.3 Å². The molecule has 0 unspecified atom stereocenters. The van der Waals surface area contributed by atoms with Crippen LogP contribution >= 0.6 is 23.1 Å². The molecule has 0 radical (unpaired) electrons. The third-order valence-corrected chi connectivity index (χ3v) is 6.04. The Balaban J connectivity index is 1.78. The van der Waals surface area contributed by atoms with E-state index in [4.69, 9.17) is 11.6 Å². The Bertz CT molecular complexity index is 1180. The Morgan fingerprint density at radius 2 is 1.81 bits per heavy atom. The standard InChI is InChI=1S/C17H11ClN4O2S2/c18-13-3-1-11(2-4-13)16-15-6-5-14(9-12(15)7-8-19-16)26(23,24)22-17-20-10-21-25-17/h1-10H,(H,20,21,22). The maximum atomic E-state index is 12.5. The number of nitrogens with one attached hydrogen (secondary N) is 1. The lowest BCUT2D eigenvalue weighted by Gasteiger charge is -2.09. The maximum absolute atomic E-state index is 12.5. The molecule has 2 aromatic carbocycles. The Morgan fingerprint density at radius 3 is 2.54 bits per heavy atom. The van der Waals surface area contributed by atoms with E-state index >= 15 is 0 Å². The van der Waals surface area contributed by atoms with E-state index in [0.717, 1.165) is 33.6 Å². The molecule has 0 aliphatic rings. The minimum atomic E-state index is -3.74. The molecule has 26 heavy (non-hydrogen) atoms. The van der Waals surface area contributed by atoms with Crippen molar-refractivity contribution in [3.05, 3.63) is 66.1 Å². The van der Waals surface area contributed by atoms with Gasteiger partial charge in [0.2, 0.25) is 5.13 Å². The smallest absolute Gasteiger partial charge is 0.256 e. The second-order valence-electron chi connectivity index (χ2n) is 5.40. The molecule has 1 N–H and O–H groups in total. The van der Waals surface area contributed by atoms with Crippen LogP contribution in [0.2, 0.25) is 5.02 Å². The summed E-state index contributed by atoms with van der Waals surface area (Å²) in [7, 11) is -3.74. The second-order valence-corrected chi connectivity index (χ2v) is 8.30. The lowest BCUT2D eigenvalue weighted by atomic mass is 10.0. The largest absolute Gasteiger partial charge is 0.263 e. The van der Waals surface area contributed by atoms with Gasteiger partial charge in [0.25, 0.3) is 10.0 Å². The summed E-state index contributed by atoms with van der Waals surface area (Å²) in [5.41, 5.74) is 1.67. The average molecular weight is 403 g/mol. The molecule has 130 valence electrons. The highest BCUT2D eigenvalue weighted by molar-refractivity contribution is 7.93.